The fourth-order valence-corrected chi connectivity index (χ4v) is 5.45. The van der Waals surface area contributed by atoms with Gasteiger partial charge in [0.25, 0.3) is 11.8 Å². The van der Waals surface area contributed by atoms with Crippen molar-refractivity contribution in [2.45, 2.75) is 31.7 Å². The lowest BCUT2D eigenvalue weighted by Gasteiger charge is -2.39. The van der Waals surface area contributed by atoms with Crippen LogP contribution in [0, 0.1) is 5.92 Å². The van der Waals surface area contributed by atoms with Crippen molar-refractivity contribution in [2.24, 2.45) is 5.92 Å². The molecule has 0 saturated carbocycles. The quantitative estimate of drug-likeness (QED) is 0.666. The Morgan fingerprint density at radius 2 is 1.58 bits per heavy atom. The number of anilines is 1. The van der Waals surface area contributed by atoms with E-state index in [-0.39, 0.29) is 18.7 Å². The molecule has 0 spiro atoms. The number of benzene rings is 1. The van der Waals surface area contributed by atoms with Crippen LogP contribution in [0.2, 0.25) is 0 Å². The first kappa shape index (κ1) is 22.0. The van der Waals surface area contributed by atoms with E-state index in [1.54, 1.807) is 12.1 Å². The summed E-state index contributed by atoms with van der Waals surface area (Å²) in [5, 5.41) is 2.23. The number of hydrogen-bond donors (Lipinski definition) is 1. The zero-order valence-electron chi connectivity index (χ0n) is 19.1. The smallest absolute Gasteiger partial charge is 0.262 e. The highest BCUT2D eigenvalue weighted by atomic mass is 16.2. The Kier molecular flexibility index (Phi) is 5.92. The van der Waals surface area contributed by atoms with E-state index in [1.165, 1.54) is 25.9 Å². The first-order valence-electron chi connectivity index (χ1n) is 11.9. The molecule has 1 unspecified atom stereocenters. The molecule has 1 atom stereocenters. The number of imide groups is 2. The maximum atomic E-state index is 13.1. The molecule has 9 nitrogen and oxygen atoms in total. The minimum atomic E-state index is -0.929. The zero-order chi connectivity index (χ0) is 23.1. The Balaban J connectivity index is 1.23. The summed E-state index contributed by atoms with van der Waals surface area (Å²) in [6.07, 6.45) is 2.82. The lowest BCUT2D eigenvalue weighted by atomic mass is 9.96. The van der Waals surface area contributed by atoms with Crippen LogP contribution in [0.25, 0.3) is 0 Å². The van der Waals surface area contributed by atoms with Crippen molar-refractivity contribution < 1.29 is 19.2 Å². The highest BCUT2D eigenvalue weighted by molar-refractivity contribution is 6.23. The Morgan fingerprint density at radius 1 is 0.879 bits per heavy atom. The summed E-state index contributed by atoms with van der Waals surface area (Å²) in [5.74, 6) is -1.09. The second kappa shape index (κ2) is 8.87. The first-order chi connectivity index (χ1) is 15.9. The number of rotatable bonds is 4. The number of likely N-dealkylation sites (tertiary alicyclic amines) is 1. The Labute approximate surface area is 193 Å². The molecule has 176 valence electrons. The van der Waals surface area contributed by atoms with Crippen LogP contribution in [0.3, 0.4) is 0 Å². The molecule has 1 aromatic carbocycles. The lowest BCUT2D eigenvalue weighted by molar-refractivity contribution is -0.136. The number of nitrogens with one attached hydrogen (secondary N) is 1. The Morgan fingerprint density at radius 3 is 2.27 bits per heavy atom. The van der Waals surface area contributed by atoms with Crippen molar-refractivity contribution in [3.63, 3.8) is 0 Å². The van der Waals surface area contributed by atoms with Crippen LogP contribution in [0.5, 0.6) is 0 Å². The number of amides is 4. The summed E-state index contributed by atoms with van der Waals surface area (Å²) in [7, 11) is 2.19. The highest BCUT2D eigenvalue weighted by Crippen LogP contribution is 2.31. The van der Waals surface area contributed by atoms with E-state index in [1.807, 2.05) is 6.07 Å². The van der Waals surface area contributed by atoms with Gasteiger partial charge in [-0.05, 0) is 63.5 Å². The van der Waals surface area contributed by atoms with E-state index in [0.29, 0.717) is 11.1 Å². The van der Waals surface area contributed by atoms with E-state index >= 15 is 0 Å². The number of piperidine rings is 2. The van der Waals surface area contributed by atoms with Crippen molar-refractivity contribution in [3.05, 3.63) is 29.3 Å². The summed E-state index contributed by atoms with van der Waals surface area (Å²) in [4.78, 5) is 57.9. The fraction of sp³-hybridized carbons (Fsp3) is 0.583. The van der Waals surface area contributed by atoms with Gasteiger partial charge >= 0.3 is 0 Å². The predicted molar refractivity (Wildman–Crippen MR) is 122 cm³/mol. The van der Waals surface area contributed by atoms with Gasteiger partial charge in [0.2, 0.25) is 11.8 Å². The molecule has 3 saturated heterocycles. The third-order valence-corrected chi connectivity index (χ3v) is 7.52. The first-order valence-corrected chi connectivity index (χ1v) is 11.9. The van der Waals surface area contributed by atoms with Gasteiger partial charge in [0.15, 0.2) is 0 Å². The number of fused-ring (bicyclic) bond motifs is 1. The number of carbonyl (C=O) groups is 4. The summed E-state index contributed by atoms with van der Waals surface area (Å²) in [6, 6.07) is 4.45. The number of piperazine rings is 1. The third-order valence-electron chi connectivity index (χ3n) is 7.52. The third kappa shape index (κ3) is 4.27. The second-order valence-corrected chi connectivity index (χ2v) is 9.71. The van der Waals surface area contributed by atoms with Crippen molar-refractivity contribution in [1.29, 1.82) is 0 Å². The van der Waals surface area contributed by atoms with Crippen molar-refractivity contribution in [1.82, 2.24) is 20.0 Å². The molecule has 0 bridgehead atoms. The second-order valence-electron chi connectivity index (χ2n) is 9.71. The van der Waals surface area contributed by atoms with E-state index in [2.05, 4.69) is 27.1 Å². The standard InChI is InChI=1S/C24H31N5O4/c1-26-8-6-16(7-9-26)15-27-10-12-28(13-11-27)17-2-3-18-19(14-17)24(33)29(23(18)32)20-4-5-21(30)25-22(20)31/h2-3,14,16,20H,4-13,15H2,1H3,(H,25,30,31). The molecule has 0 aromatic heterocycles. The van der Waals surface area contributed by atoms with E-state index < -0.39 is 23.8 Å². The van der Waals surface area contributed by atoms with Crippen molar-refractivity contribution in [2.75, 3.05) is 57.8 Å². The number of hydrogen-bond acceptors (Lipinski definition) is 7. The molecule has 4 heterocycles. The Bertz CT molecular complexity index is 979. The monoisotopic (exact) mass is 453 g/mol. The van der Waals surface area contributed by atoms with Crippen molar-refractivity contribution >= 4 is 29.3 Å². The summed E-state index contributed by atoms with van der Waals surface area (Å²) in [6.45, 7) is 7.25. The van der Waals surface area contributed by atoms with Gasteiger partial charge in [0.05, 0.1) is 11.1 Å². The van der Waals surface area contributed by atoms with Crippen LogP contribution < -0.4 is 10.2 Å². The topological polar surface area (TPSA) is 93.3 Å². The molecule has 1 aromatic rings. The molecule has 4 aliphatic rings. The maximum absolute atomic E-state index is 13.1. The van der Waals surface area contributed by atoms with E-state index in [9.17, 15) is 19.2 Å². The fourth-order valence-electron chi connectivity index (χ4n) is 5.45. The van der Waals surface area contributed by atoms with Gasteiger partial charge in [-0.25, -0.2) is 0 Å². The molecule has 1 N–H and O–H groups in total. The van der Waals surface area contributed by atoms with E-state index in [0.717, 1.165) is 49.2 Å². The molecule has 9 heteroatoms. The minimum absolute atomic E-state index is 0.122. The summed E-state index contributed by atoms with van der Waals surface area (Å²) < 4.78 is 0. The summed E-state index contributed by atoms with van der Waals surface area (Å²) in [5.41, 5.74) is 1.60. The van der Waals surface area contributed by atoms with E-state index in [4.69, 9.17) is 0 Å². The normalized spacial score (nSPS) is 25.5. The van der Waals surface area contributed by atoms with Gasteiger partial charge in [-0.15, -0.1) is 0 Å². The molecule has 0 aliphatic carbocycles. The largest absolute Gasteiger partial charge is 0.369 e. The highest BCUT2D eigenvalue weighted by Gasteiger charge is 2.44. The summed E-state index contributed by atoms with van der Waals surface area (Å²) >= 11 is 0. The Hall–Kier alpha value is -2.78. The average Bonchev–Trinajstić information content (AvgIpc) is 3.06. The van der Waals surface area contributed by atoms with Gasteiger partial charge in [-0.2, -0.15) is 0 Å². The molecule has 0 radical (unpaired) electrons. The average molecular weight is 454 g/mol. The van der Waals surface area contributed by atoms with Crippen molar-refractivity contribution in [3.8, 4) is 0 Å². The van der Waals surface area contributed by atoms with Crippen LogP contribution in [-0.2, 0) is 9.59 Å². The van der Waals surface area contributed by atoms with Crippen LogP contribution in [0.15, 0.2) is 18.2 Å². The van der Waals surface area contributed by atoms with Crippen LogP contribution in [0.1, 0.15) is 46.4 Å². The maximum Gasteiger partial charge on any atom is 0.262 e. The molecule has 4 amide bonds. The molecular weight excluding hydrogens is 422 g/mol. The van der Waals surface area contributed by atoms with Gasteiger partial charge < -0.3 is 9.80 Å². The SMILES string of the molecule is CN1CCC(CN2CCN(c3ccc4c(c3)C(=O)N(C3CCC(=O)NC3=O)C4=O)CC2)CC1. The van der Waals surface area contributed by atoms with Gasteiger partial charge in [-0.3, -0.25) is 34.3 Å². The minimum Gasteiger partial charge on any atom is -0.369 e. The van der Waals surface area contributed by atoms with Crippen LogP contribution in [0.4, 0.5) is 5.69 Å². The van der Waals surface area contributed by atoms with Gasteiger partial charge in [-0.1, -0.05) is 0 Å². The molecule has 3 fully saturated rings. The molecule has 33 heavy (non-hydrogen) atoms. The van der Waals surface area contributed by atoms with Crippen LogP contribution in [-0.4, -0.2) is 97.2 Å². The molecule has 4 aliphatic heterocycles. The number of carbonyl (C=O) groups excluding carboxylic acids is 4. The molecular formula is C24H31N5O4. The lowest BCUT2D eigenvalue weighted by Crippen LogP contribution is -2.54. The predicted octanol–water partition coefficient (Wildman–Crippen LogP) is 0.552. The number of nitrogens with zero attached hydrogens (tertiary/aromatic N) is 4. The van der Waals surface area contributed by atoms with Crippen LogP contribution >= 0.6 is 0 Å². The van der Waals surface area contributed by atoms with Gasteiger partial charge in [0, 0.05) is 44.8 Å². The zero-order valence-corrected chi connectivity index (χ0v) is 19.1. The molecule has 5 rings (SSSR count). The van der Waals surface area contributed by atoms with Gasteiger partial charge in [0.1, 0.15) is 6.04 Å².